The number of guanidine groups is 1. The summed E-state index contributed by atoms with van der Waals surface area (Å²) in [6.07, 6.45) is 4.56. The largest absolute Gasteiger partial charge is 0.396 e. The number of nitrogens with zero attached hydrogens (tertiary/aromatic N) is 2. The molecule has 1 fully saturated rings. The second-order valence-corrected chi connectivity index (χ2v) is 7.38. The highest BCUT2D eigenvalue weighted by Gasteiger charge is 2.17. The molecular weight excluding hydrogens is 288 g/mol. The van der Waals surface area contributed by atoms with E-state index in [4.69, 9.17) is 4.99 Å². The van der Waals surface area contributed by atoms with Crippen molar-refractivity contribution >= 4 is 5.96 Å². The molecule has 2 unspecified atom stereocenters. The van der Waals surface area contributed by atoms with Gasteiger partial charge in [-0.15, -0.1) is 0 Å². The monoisotopic (exact) mass is 326 g/mol. The zero-order valence-electron chi connectivity index (χ0n) is 15.6. The lowest BCUT2D eigenvalue weighted by Gasteiger charge is -2.30. The van der Waals surface area contributed by atoms with Gasteiger partial charge in [-0.1, -0.05) is 13.8 Å². The Morgan fingerprint density at radius 2 is 2.13 bits per heavy atom. The van der Waals surface area contributed by atoms with E-state index in [9.17, 15) is 5.11 Å². The van der Waals surface area contributed by atoms with Crippen LogP contribution in [0.4, 0.5) is 0 Å². The summed E-state index contributed by atoms with van der Waals surface area (Å²) in [5.41, 5.74) is 0. The number of rotatable bonds is 9. The fourth-order valence-corrected chi connectivity index (χ4v) is 3.38. The number of hydrogen-bond donors (Lipinski definition) is 3. The molecule has 0 amide bonds. The third kappa shape index (κ3) is 9.16. The Bertz CT molecular complexity index is 333. The van der Waals surface area contributed by atoms with E-state index >= 15 is 0 Å². The molecule has 0 spiro atoms. The van der Waals surface area contributed by atoms with Crippen LogP contribution < -0.4 is 10.6 Å². The molecule has 1 saturated heterocycles. The molecule has 2 atom stereocenters. The van der Waals surface area contributed by atoms with Crippen LogP contribution in [-0.2, 0) is 0 Å². The van der Waals surface area contributed by atoms with Crippen LogP contribution in [0, 0.1) is 17.8 Å². The fraction of sp³-hybridized carbons (Fsp3) is 0.944. The Morgan fingerprint density at radius 3 is 2.74 bits per heavy atom. The maximum atomic E-state index is 9.23. The minimum Gasteiger partial charge on any atom is -0.396 e. The molecule has 0 aromatic rings. The molecular formula is C18H38N4O. The maximum absolute atomic E-state index is 9.23. The van der Waals surface area contributed by atoms with Crippen LogP contribution in [0.1, 0.15) is 46.5 Å². The molecule has 0 aromatic heterocycles. The zero-order chi connectivity index (χ0) is 17.1. The highest BCUT2D eigenvalue weighted by atomic mass is 16.3. The van der Waals surface area contributed by atoms with Gasteiger partial charge < -0.3 is 20.6 Å². The van der Waals surface area contributed by atoms with Gasteiger partial charge in [0.05, 0.1) is 0 Å². The number of hydrogen-bond acceptors (Lipinski definition) is 3. The van der Waals surface area contributed by atoms with Crippen LogP contribution in [0.15, 0.2) is 4.99 Å². The molecule has 5 heteroatoms. The number of aliphatic hydroxyl groups is 1. The summed E-state index contributed by atoms with van der Waals surface area (Å²) in [5.74, 6) is 2.75. The van der Waals surface area contributed by atoms with Crippen molar-refractivity contribution in [2.75, 3.05) is 46.4 Å². The molecule has 1 aliphatic rings. The summed E-state index contributed by atoms with van der Waals surface area (Å²) in [5, 5.41) is 16.1. The van der Waals surface area contributed by atoms with Gasteiger partial charge in [0, 0.05) is 32.8 Å². The van der Waals surface area contributed by atoms with E-state index in [1.807, 2.05) is 0 Å². The Morgan fingerprint density at radius 1 is 1.35 bits per heavy atom. The van der Waals surface area contributed by atoms with Gasteiger partial charge >= 0.3 is 0 Å². The number of piperidine rings is 1. The smallest absolute Gasteiger partial charge is 0.191 e. The zero-order valence-corrected chi connectivity index (χ0v) is 15.6. The van der Waals surface area contributed by atoms with Crippen molar-refractivity contribution in [2.45, 2.75) is 46.5 Å². The van der Waals surface area contributed by atoms with Crippen LogP contribution in [0.2, 0.25) is 0 Å². The highest BCUT2D eigenvalue weighted by molar-refractivity contribution is 5.79. The number of likely N-dealkylation sites (tertiary alicyclic amines) is 1. The lowest BCUT2D eigenvalue weighted by atomic mass is 9.94. The first kappa shape index (κ1) is 20.2. The molecule has 23 heavy (non-hydrogen) atoms. The van der Waals surface area contributed by atoms with E-state index in [0.717, 1.165) is 38.4 Å². The number of nitrogens with one attached hydrogen (secondary N) is 2. The topological polar surface area (TPSA) is 59.9 Å². The minimum absolute atomic E-state index is 0.255. The molecule has 0 bridgehead atoms. The molecule has 0 radical (unpaired) electrons. The van der Waals surface area contributed by atoms with E-state index < -0.39 is 0 Å². The average molecular weight is 327 g/mol. The van der Waals surface area contributed by atoms with Crippen molar-refractivity contribution in [1.82, 2.24) is 15.5 Å². The van der Waals surface area contributed by atoms with Crippen molar-refractivity contribution in [3.05, 3.63) is 0 Å². The summed E-state index contributed by atoms with van der Waals surface area (Å²) in [4.78, 5) is 7.18. The van der Waals surface area contributed by atoms with E-state index in [2.05, 4.69) is 43.4 Å². The number of aliphatic imine (C=N–C) groups is 1. The molecule has 3 N–H and O–H groups in total. The molecule has 5 nitrogen and oxygen atoms in total. The second kappa shape index (κ2) is 11.7. The summed E-state index contributed by atoms with van der Waals surface area (Å²) in [7, 11) is 2.21. The van der Waals surface area contributed by atoms with Crippen LogP contribution in [0.3, 0.4) is 0 Å². The van der Waals surface area contributed by atoms with Crippen LogP contribution in [-0.4, -0.2) is 62.3 Å². The molecule has 0 aliphatic carbocycles. The van der Waals surface area contributed by atoms with Gasteiger partial charge in [-0.05, 0) is 64.0 Å². The number of aliphatic hydroxyl groups excluding tert-OH is 1. The molecule has 1 aliphatic heterocycles. The third-order valence-electron chi connectivity index (χ3n) is 4.47. The molecule has 1 heterocycles. The van der Waals surface area contributed by atoms with Crippen LogP contribution in [0.5, 0.6) is 0 Å². The van der Waals surface area contributed by atoms with Crippen LogP contribution in [0.25, 0.3) is 0 Å². The van der Waals surface area contributed by atoms with Crippen molar-refractivity contribution in [1.29, 1.82) is 0 Å². The van der Waals surface area contributed by atoms with E-state index in [1.165, 1.54) is 25.9 Å². The van der Waals surface area contributed by atoms with Crippen molar-refractivity contribution < 1.29 is 5.11 Å². The van der Waals surface area contributed by atoms with Gasteiger partial charge in [-0.3, -0.25) is 4.99 Å². The third-order valence-corrected chi connectivity index (χ3v) is 4.47. The first-order chi connectivity index (χ1) is 11.0. The van der Waals surface area contributed by atoms with Gasteiger partial charge in [0.25, 0.3) is 0 Å². The lowest BCUT2D eigenvalue weighted by molar-refractivity contribution is 0.210. The summed E-state index contributed by atoms with van der Waals surface area (Å²) in [6.45, 7) is 11.9. The van der Waals surface area contributed by atoms with Crippen LogP contribution >= 0.6 is 0 Å². The normalized spacial score (nSPS) is 21.5. The van der Waals surface area contributed by atoms with Crippen molar-refractivity contribution in [3.8, 4) is 0 Å². The Labute approximate surface area is 142 Å². The summed E-state index contributed by atoms with van der Waals surface area (Å²) in [6, 6.07) is 0. The maximum Gasteiger partial charge on any atom is 0.191 e. The summed E-state index contributed by atoms with van der Waals surface area (Å²) >= 11 is 0. The Balaban J connectivity index is 2.47. The van der Waals surface area contributed by atoms with Gasteiger partial charge in [0.2, 0.25) is 0 Å². The molecule has 1 rings (SSSR count). The fourth-order valence-electron chi connectivity index (χ4n) is 3.38. The minimum atomic E-state index is 0.255. The lowest BCUT2D eigenvalue weighted by Crippen LogP contribution is -2.43. The van der Waals surface area contributed by atoms with E-state index in [1.54, 1.807) is 0 Å². The molecule has 0 saturated carbocycles. The van der Waals surface area contributed by atoms with Gasteiger partial charge in [0.1, 0.15) is 0 Å². The molecule has 136 valence electrons. The average Bonchev–Trinajstić information content (AvgIpc) is 2.49. The predicted molar refractivity (Wildman–Crippen MR) is 98.9 cm³/mol. The van der Waals surface area contributed by atoms with E-state index in [0.29, 0.717) is 17.8 Å². The highest BCUT2D eigenvalue weighted by Crippen LogP contribution is 2.16. The Hall–Kier alpha value is -0.810. The van der Waals surface area contributed by atoms with Gasteiger partial charge in [0.15, 0.2) is 5.96 Å². The quantitative estimate of drug-likeness (QED) is 0.448. The standard InChI is InChI=1S/C18H38N4O/c1-5-19-18(20-12-16(8-10-23)11-15(2)3)21-13-17-7-6-9-22(4)14-17/h15-17,23H,5-14H2,1-4H3,(H2,19,20,21). The first-order valence-corrected chi connectivity index (χ1v) is 9.36. The molecule has 0 aromatic carbocycles. The SMILES string of the molecule is CCNC(=NCC(CCO)CC(C)C)NCC1CCCN(C)C1. The summed E-state index contributed by atoms with van der Waals surface area (Å²) < 4.78 is 0. The Kier molecular flexibility index (Phi) is 10.3. The van der Waals surface area contributed by atoms with Crippen molar-refractivity contribution in [2.24, 2.45) is 22.7 Å². The van der Waals surface area contributed by atoms with Gasteiger partial charge in [-0.2, -0.15) is 0 Å². The second-order valence-electron chi connectivity index (χ2n) is 7.38. The predicted octanol–water partition coefficient (Wildman–Crippen LogP) is 1.93. The van der Waals surface area contributed by atoms with E-state index in [-0.39, 0.29) is 6.61 Å². The first-order valence-electron chi connectivity index (χ1n) is 9.36. The van der Waals surface area contributed by atoms with Crippen molar-refractivity contribution in [3.63, 3.8) is 0 Å². The van der Waals surface area contributed by atoms with Gasteiger partial charge in [-0.25, -0.2) is 0 Å².